The van der Waals surface area contributed by atoms with Crippen molar-refractivity contribution in [1.29, 1.82) is 0 Å². The maximum atomic E-state index is 10.6. The van der Waals surface area contributed by atoms with Gasteiger partial charge in [0.25, 0.3) is 0 Å². The van der Waals surface area contributed by atoms with Crippen molar-refractivity contribution in [3.63, 3.8) is 0 Å². The number of carboxylic acids is 1. The van der Waals surface area contributed by atoms with Crippen LogP contribution in [0.3, 0.4) is 0 Å². The second kappa shape index (κ2) is 12.2. The minimum absolute atomic E-state index is 0. The standard InChI is InChI=1S/C11H20O3.Na/c1-10(12)8-6-4-2-3-5-7-9-11(13)14;/h2-9H2,1H3,(H,13,14);/q;+1/p-1. The number of aliphatic carboxylic acids is 1. The van der Waals surface area contributed by atoms with Crippen LogP contribution in [0.4, 0.5) is 0 Å². The van der Waals surface area contributed by atoms with Gasteiger partial charge in [-0.05, 0) is 26.2 Å². The quantitative estimate of drug-likeness (QED) is 0.350. The van der Waals surface area contributed by atoms with Gasteiger partial charge in [0.2, 0.25) is 0 Å². The van der Waals surface area contributed by atoms with E-state index in [1.807, 2.05) is 0 Å². The van der Waals surface area contributed by atoms with Crippen LogP contribution in [0.1, 0.15) is 58.3 Å². The molecule has 3 nitrogen and oxygen atoms in total. The number of ketones is 1. The maximum Gasteiger partial charge on any atom is 1.00 e. The van der Waals surface area contributed by atoms with Gasteiger partial charge in [0, 0.05) is 12.4 Å². The first-order valence-electron chi connectivity index (χ1n) is 5.32. The third-order valence-electron chi connectivity index (χ3n) is 2.16. The molecule has 0 aromatic rings. The van der Waals surface area contributed by atoms with Crippen LogP contribution < -0.4 is 34.7 Å². The predicted molar refractivity (Wildman–Crippen MR) is 52.6 cm³/mol. The maximum absolute atomic E-state index is 10.6. The van der Waals surface area contributed by atoms with Crippen molar-refractivity contribution in [3.8, 4) is 0 Å². The Morgan fingerprint density at radius 3 is 1.67 bits per heavy atom. The monoisotopic (exact) mass is 222 g/mol. The fourth-order valence-electron chi connectivity index (χ4n) is 1.35. The summed E-state index contributed by atoms with van der Waals surface area (Å²) >= 11 is 0. The number of carbonyl (C=O) groups is 2. The first-order chi connectivity index (χ1) is 6.63. The molecular weight excluding hydrogens is 203 g/mol. The smallest absolute Gasteiger partial charge is 0.550 e. The Morgan fingerprint density at radius 1 is 0.867 bits per heavy atom. The van der Waals surface area contributed by atoms with Crippen LogP contribution in [0.25, 0.3) is 0 Å². The third kappa shape index (κ3) is 16.8. The zero-order valence-corrected chi connectivity index (χ0v) is 11.9. The summed E-state index contributed by atoms with van der Waals surface area (Å²) < 4.78 is 0. The first-order valence-corrected chi connectivity index (χ1v) is 5.32. The molecule has 0 amide bonds. The van der Waals surface area contributed by atoms with Crippen LogP contribution in [0, 0.1) is 0 Å². The number of rotatable bonds is 9. The van der Waals surface area contributed by atoms with Crippen molar-refractivity contribution < 1.29 is 44.3 Å². The van der Waals surface area contributed by atoms with E-state index in [1.165, 1.54) is 0 Å². The van der Waals surface area contributed by atoms with Gasteiger partial charge in [0.15, 0.2) is 0 Å². The summed E-state index contributed by atoms with van der Waals surface area (Å²) in [6, 6.07) is 0. The summed E-state index contributed by atoms with van der Waals surface area (Å²) in [7, 11) is 0. The molecule has 0 radical (unpaired) electrons. The van der Waals surface area contributed by atoms with E-state index >= 15 is 0 Å². The Hall–Kier alpha value is 0.140. The summed E-state index contributed by atoms with van der Waals surface area (Å²) in [5, 5.41) is 10.1. The topological polar surface area (TPSA) is 57.2 Å². The second-order valence-electron chi connectivity index (χ2n) is 3.70. The molecule has 0 rings (SSSR count). The van der Waals surface area contributed by atoms with Crippen LogP contribution in [-0.4, -0.2) is 11.8 Å². The molecule has 0 aromatic carbocycles. The number of hydrogen-bond acceptors (Lipinski definition) is 3. The minimum Gasteiger partial charge on any atom is -0.550 e. The van der Waals surface area contributed by atoms with E-state index in [9.17, 15) is 14.7 Å². The van der Waals surface area contributed by atoms with Crippen molar-refractivity contribution in [3.05, 3.63) is 0 Å². The molecule has 0 unspecified atom stereocenters. The number of unbranched alkanes of at least 4 members (excludes halogenated alkanes) is 5. The van der Waals surface area contributed by atoms with Gasteiger partial charge >= 0.3 is 29.6 Å². The molecule has 0 bridgehead atoms. The van der Waals surface area contributed by atoms with E-state index in [2.05, 4.69) is 0 Å². The summed E-state index contributed by atoms with van der Waals surface area (Å²) in [4.78, 5) is 20.6. The molecule has 82 valence electrons. The van der Waals surface area contributed by atoms with Gasteiger partial charge in [-0.3, -0.25) is 0 Å². The minimum atomic E-state index is -0.957. The molecule has 4 heteroatoms. The fourth-order valence-corrected chi connectivity index (χ4v) is 1.35. The molecule has 0 heterocycles. The Kier molecular flexibility index (Phi) is 14.3. The SMILES string of the molecule is CC(=O)CCCCCCCCC(=O)[O-].[Na+]. The van der Waals surface area contributed by atoms with Crippen molar-refractivity contribution in [2.24, 2.45) is 0 Å². The summed E-state index contributed by atoms with van der Waals surface area (Å²) in [5.74, 6) is -0.705. The molecule has 0 spiro atoms. The van der Waals surface area contributed by atoms with Gasteiger partial charge in [0.1, 0.15) is 5.78 Å². The summed E-state index contributed by atoms with van der Waals surface area (Å²) in [5.41, 5.74) is 0. The van der Waals surface area contributed by atoms with E-state index in [0.29, 0.717) is 6.42 Å². The first kappa shape index (κ1) is 17.5. The number of carbonyl (C=O) groups excluding carboxylic acids is 2. The Morgan fingerprint density at radius 2 is 1.27 bits per heavy atom. The molecule has 0 aliphatic heterocycles. The third-order valence-corrected chi connectivity index (χ3v) is 2.16. The van der Waals surface area contributed by atoms with Crippen LogP contribution in [0.15, 0.2) is 0 Å². The average Bonchev–Trinajstić information content (AvgIpc) is 2.08. The Bertz CT molecular complexity index is 161. The van der Waals surface area contributed by atoms with Gasteiger partial charge in [-0.1, -0.05) is 25.7 Å². The predicted octanol–water partition coefficient (Wildman–Crippen LogP) is -1.55. The largest absolute Gasteiger partial charge is 1.00 e. The van der Waals surface area contributed by atoms with Crippen molar-refractivity contribution in [2.45, 2.75) is 58.3 Å². The van der Waals surface area contributed by atoms with E-state index < -0.39 is 5.97 Å². The van der Waals surface area contributed by atoms with Crippen LogP contribution in [0.5, 0.6) is 0 Å². The van der Waals surface area contributed by atoms with E-state index in [-0.39, 0.29) is 41.8 Å². The van der Waals surface area contributed by atoms with Gasteiger partial charge < -0.3 is 14.7 Å². The molecule has 0 aliphatic rings. The molecule has 0 atom stereocenters. The normalized spacial score (nSPS) is 9.40. The number of carboxylic acid groups (broad SMARTS) is 1. The van der Waals surface area contributed by atoms with E-state index in [4.69, 9.17) is 0 Å². The number of Topliss-reactive ketones (excluding diaryl/α,β-unsaturated/α-hetero) is 1. The van der Waals surface area contributed by atoms with Crippen LogP contribution in [-0.2, 0) is 9.59 Å². The van der Waals surface area contributed by atoms with E-state index in [1.54, 1.807) is 6.92 Å². The van der Waals surface area contributed by atoms with Crippen molar-refractivity contribution in [2.75, 3.05) is 0 Å². The van der Waals surface area contributed by atoms with Crippen LogP contribution >= 0.6 is 0 Å². The summed E-state index contributed by atoms with van der Waals surface area (Å²) in [6.45, 7) is 1.61. The van der Waals surface area contributed by atoms with E-state index in [0.717, 1.165) is 38.5 Å². The molecular formula is C11H19NaO3. The Balaban J connectivity index is 0. The zero-order chi connectivity index (χ0) is 10.8. The van der Waals surface area contributed by atoms with Crippen LogP contribution in [0.2, 0.25) is 0 Å². The van der Waals surface area contributed by atoms with Crippen molar-refractivity contribution in [1.82, 2.24) is 0 Å². The van der Waals surface area contributed by atoms with Gasteiger partial charge in [-0.15, -0.1) is 0 Å². The fraction of sp³-hybridized carbons (Fsp3) is 0.818. The molecule has 0 aliphatic carbocycles. The van der Waals surface area contributed by atoms with Crippen molar-refractivity contribution >= 4 is 11.8 Å². The molecule has 0 fully saturated rings. The number of hydrogen-bond donors (Lipinski definition) is 0. The molecule has 0 saturated carbocycles. The average molecular weight is 222 g/mol. The zero-order valence-electron chi connectivity index (χ0n) is 9.88. The molecule has 0 saturated heterocycles. The second-order valence-corrected chi connectivity index (χ2v) is 3.70. The molecule has 0 aromatic heterocycles. The van der Waals surface area contributed by atoms with Gasteiger partial charge in [0.05, 0.1) is 0 Å². The molecule has 0 N–H and O–H groups in total. The Labute approximate surface area is 114 Å². The van der Waals surface area contributed by atoms with Gasteiger partial charge in [-0.2, -0.15) is 0 Å². The summed E-state index contributed by atoms with van der Waals surface area (Å²) in [6.07, 6.45) is 6.72. The van der Waals surface area contributed by atoms with Gasteiger partial charge in [-0.25, -0.2) is 0 Å². The molecule has 15 heavy (non-hydrogen) atoms.